The first-order chi connectivity index (χ1) is 13.5. The largest absolute Gasteiger partial charge is 0.338 e. The third-order valence-corrected chi connectivity index (χ3v) is 4.80. The summed E-state index contributed by atoms with van der Waals surface area (Å²) in [6.07, 6.45) is 0.843. The van der Waals surface area contributed by atoms with Crippen LogP contribution in [0.3, 0.4) is 0 Å². The number of carbonyl (C=O) groups is 1. The molecule has 0 aliphatic rings. The van der Waals surface area contributed by atoms with Crippen molar-refractivity contribution < 1.29 is 4.79 Å². The van der Waals surface area contributed by atoms with E-state index in [2.05, 4.69) is 58.2 Å². The Morgan fingerprint density at radius 3 is 2.36 bits per heavy atom. The lowest BCUT2D eigenvalue weighted by Crippen LogP contribution is -2.37. The lowest BCUT2D eigenvalue weighted by atomic mass is 10.0. The Morgan fingerprint density at radius 1 is 1.04 bits per heavy atom. The van der Waals surface area contributed by atoms with E-state index in [-0.39, 0.29) is 12.1 Å². The van der Waals surface area contributed by atoms with Crippen molar-refractivity contribution in [2.75, 3.05) is 6.54 Å². The van der Waals surface area contributed by atoms with Crippen molar-refractivity contribution in [1.29, 1.82) is 0 Å². The Morgan fingerprint density at radius 2 is 1.71 bits per heavy atom. The molecule has 2 amide bonds. The Bertz CT molecular complexity index is 900. The third kappa shape index (κ3) is 5.22. The molecule has 1 unspecified atom stereocenters. The maximum Gasteiger partial charge on any atom is 0.315 e. The lowest BCUT2D eigenvalue weighted by molar-refractivity contribution is 0.237. The number of aromatic nitrogens is 2. The zero-order valence-corrected chi connectivity index (χ0v) is 16.8. The van der Waals surface area contributed by atoms with Crippen LogP contribution in [-0.2, 0) is 6.54 Å². The number of aryl methyl sites for hydroxylation is 3. The van der Waals surface area contributed by atoms with Crippen molar-refractivity contribution in [3.8, 4) is 11.1 Å². The third-order valence-electron chi connectivity index (χ3n) is 4.80. The van der Waals surface area contributed by atoms with Crippen LogP contribution in [0.1, 0.15) is 36.3 Å². The summed E-state index contributed by atoms with van der Waals surface area (Å²) >= 11 is 0. The first-order valence-corrected chi connectivity index (χ1v) is 9.74. The number of nitrogens with zero attached hydrogens (tertiary/aromatic N) is 2. The van der Waals surface area contributed by atoms with E-state index in [0.717, 1.165) is 29.9 Å². The summed E-state index contributed by atoms with van der Waals surface area (Å²) in [4.78, 5) is 12.2. The Labute approximate surface area is 166 Å². The van der Waals surface area contributed by atoms with Gasteiger partial charge in [0.05, 0.1) is 11.7 Å². The second-order valence-electron chi connectivity index (χ2n) is 7.11. The molecule has 0 spiro atoms. The van der Waals surface area contributed by atoms with E-state index in [1.165, 1.54) is 11.1 Å². The molecule has 0 saturated heterocycles. The maximum atomic E-state index is 12.2. The number of amides is 2. The molecule has 146 valence electrons. The molecular weight excluding hydrogens is 348 g/mol. The van der Waals surface area contributed by atoms with Crippen LogP contribution in [0, 0.1) is 13.8 Å². The summed E-state index contributed by atoms with van der Waals surface area (Å²) in [7, 11) is 0. The van der Waals surface area contributed by atoms with Gasteiger partial charge in [-0.2, -0.15) is 5.10 Å². The Hall–Kier alpha value is -3.08. The van der Waals surface area contributed by atoms with Crippen LogP contribution in [0.4, 0.5) is 4.79 Å². The highest BCUT2D eigenvalue weighted by Crippen LogP contribution is 2.21. The molecule has 0 radical (unpaired) electrons. The Kier molecular flexibility index (Phi) is 6.48. The van der Waals surface area contributed by atoms with Gasteiger partial charge in [0.1, 0.15) is 0 Å². The standard InChI is InChI=1S/C23H28N4O/c1-17-16-18(2)27(26-17)15-7-14-24-23(28)25-19(3)20-10-12-22(13-11-20)21-8-5-4-6-9-21/h4-6,8-13,16,19H,7,14-15H2,1-3H3,(H2,24,25,28). The minimum absolute atomic E-state index is 0.0548. The van der Waals surface area contributed by atoms with Gasteiger partial charge in [-0.15, -0.1) is 0 Å². The molecule has 1 aromatic heterocycles. The van der Waals surface area contributed by atoms with E-state index in [1.54, 1.807) is 0 Å². The second-order valence-corrected chi connectivity index (χ2v) is 7.11. The van der Waals surface area contributed by atoms with Crippen LogP contribution >= 0.6 is 0 Å². The molecule has 1 heterocycles. The molecule has 0 bridgehead atoms. The van der Waals surface area contributed by atoms with Crippen molar-refractivity contribution in [2.45, 2.75) is 39.8 Å². The first kappa shape index (κ1) is 19.7. The molecule has 2 N–H and O–H groups in total. The van der Waals surface area contributed by atoms with Crippen molar-refractivity contribution in [3.05, 3.63) is 77.6 Å². The maximum absolute atomic E-state index is 12.2. The van der Waals surface area contributed by atoms with Gasteiger partial charge >= 0.3 is 6.03 Å². The normalized spacial score (nSPS) is 11.8. The van der Waals surface area contributed by atoms with Crippen molar-refractivity contribution in [1.82, 2.24) is 20.4 Å². The molecule has 3 rings (SSSR count). The molecule has 0 saturated carbocycles. The van der Waals surface area contributed by atoms with E-state index in [9.17, 15) is 4.79 Å². The quantitative estimate of drug-likeness (QED) is 0.591. The minimum atomic E-state index is -0.145. The number of hydrogen-bond acceptors (Lipinski definition) is 2. The van der Waals surface area contributed by atoms with E-state index in [4.69, 9.17) is 0 Å². The fraction of sp³-hybridized carbons (Fsp3) is 0.304. The molecule has 28 heavy (non-hydrogen) atoms. The molecule has 2 aromatic carbocycles. The summed E-state index contributed by atoms with van der Waals surface area (Å²) in [5, 5.41) is 10.4. The van der Waals surface area contributed by atoms with Crippen LogP contribution in [-0.4, -0.2) is 22.4 Å². The zero-order valence-electron chi connectivity index (χ0n) is 16.8. The second kappa shape index (κ2) is 9.22. The molecule has 5 nitrogen and oxygen atoms in total. The molecule has 0 fully saturated rings. The van der Waals surface area contributed by atoms with Crippen molar-refractivity contribution in [2.24, 2.45) is 0 Å². The molecule has 5 heteroatoms. The number of urea groups is 1. The fourth-order valence-electron chi connectivity index (χ4n) is 3.26. The van der Waals surface area contributed by atoms with Crippen molar-refractivity contribution >= 4 is 6.03 Å². The van der Waals surface area contributed by atoms with Gasteiger partial charge in [-0.1, -0.05) is 54.6 Å². The number of benzene rings is 2. The highest BCUT2D eigenvalue weighted by molar-refractivity contribution is 5.74. The predicted molar refractivity (Wildman–Crippen MR) is 113 cm³/mol. The smallest absolute Gasteiger partial charge is 0.315 e. The monoisotopic (exact) mass is 376 g/mol. The first-order valence-electron chi connectivity index (χ1n) is 9.74. The van der Waals surface area contributed by atoms with E-state index < -0.39 is 0 Å². The molecule has 3 aromatic rings. The molecule has 0 aliphatic heterocycles. The SMILES string of the molecule is Cc1cc(C)n(CCCNC(=O)NC(C)c2ccc(-c3ccccc3)cc2)n1. The number of rotatable bonds is 7. The Balaban J connectivity index is 1.44. The van der Waals surface area contributed by atoms with Gasteiger partial charge in [0.25, 0.3) is 0 Å². The van der Waals surface area contributed by atoms with Crippen LogP contribution in [0.25, 0.3) is 11.1 Å². The van der Waals surface area contributed by atoms with E-state index in [0.29, 0.717) is 6.54 Å². The highest BCUT2D eigenvalue weighted by Gasteiger charge is 2.09. The highest BCUT2D eigenvalue weighted by atomic mass is 16.2. The number of hydrogen-bond donors (Lipinski definition) is 2. The van der Waals surface area contributed by atoms with Crippen molar-refractivity contribution in [3.63, 3.8) is 0 Å². The molecular formula is C23H28N4O. The van der Waals surface area contributed by atoms with Crippen LogP contribution < -0.4 is 10.6 Å². The average molecular weight is 377 g/mol. The fourth-order valence-corrected chi connectivity index (χ4v) is 3.26. The van der Waals surface area contributed by atoms with Crippen LogP contribution in [0.2, 0.25) is 0 Å². The number of carbonyl (C=O) groups excluding carboxylic acids is 1. The van der Waals surface area contributed by atoms with E-state index >= 15 is 0 Å². The van der Waals surface area contributed by atoms with Gasteiger partial charge in [-0.3, -0.25) is 4.68 Å². The lowest BCUT2D eigenvalue weighted by Gasteiger charge is -2.16. The predicted octanol–water partition coefficient (Wildman–Crippen LogP) is 4.62. The topological polar surface area (TPSA) is 59.0 Å². The average Bonchev–Trinajstić information content (AvgIpc) is 3.03. The van der Waals surface area contributed by atoms with E-state index in [1.807, 2.05) is 43.7 Å². The van der Waals surface area contributed by atoms with Gasteiger partial charge < -0.3 is 10.6 Å². The molecule has 0 aliphatic carbocycles. The summed E-state index contributed by atoms with van der Waals surface area (Å²) in [5.74, 6) is 0. The number of nitrogens with one attached hydrogen (secondary N) is 2. The summed E-state index contributed by atoms with van der Waals surface area (Å²) in [6.45, 7) is 7.45. The zero-order chi connectivity index (χ0) is 19.9. The van der Waals surface area contributed by atoms with Crippen LogP contribution in [0.15, 0.2) is 60.7 Å². The van der Waals surface area contributed by atoms with Gasteiger partial charge in [-0.05, 0) is 49.9 Å². The summed E-state index contributed by atoms with van der Waals surface area (Å²) < 4.78 is 1.98. The van der Waals surface area contributed by atoms with Crippen LogP contribution in [0.5, 0.6) is 0 Å². The van der Waals surface area contributed by atoms with Gasteiger partial charge in [0.2, 0.25) is 0 Å². The van der Waals surface area contributed by atoms with Gasteiger partial charge in [0.15, 0.2) is 0 Å². The molecule has 1 atom stereocenters. The van der Waals surface area contributed by atoms with Gasteiger partial charge in [-0.25, -0.2) is 4.79 Å². The minimum Gasteiger partial charge on any atom is -0.338 e. The van der Waals surface area contributed by atoms with Gasteiger partial charge in [0, 0.05) is 18.8 Å². The summed E-state index contributed by atoms with van der Waals surface area (Å²) in [6, 6.07) is 20.4. The summed E-state index contributed by atoms with van der Waals surface area (Å²) in [5.41, 5.74) is 5.61.